The van der Waals surface area contributed by atoms with Crippen molar-refractivity contribution < 1.29 is 14.3 Å². The molecule has 0 radical (unpaired) electrons. The molecule has 0 unspecified atom stereocenters. The number of rotatable bonds is 3. The monoisotopic (exact) mass is 265 g/mol. The van der Waals surface area contributed by atoms with E-state index in [0.29, 0.717) is 17.1 Å². The van der Waals surface area contributed by atoms with Crippen LogP contribution in [0.5, 0.6) is 0 Å². The van der Waals surface area contributed by atoms with Crippen LogP contribution in [0.15, 0.2) is 24.5 Å². The third kappa shape index (κ3) is 2.23. The second-order valence-electron chi connectivity index (χ2n) is 3.33. The van der Waals surface area contributed by atoms with Crippen LogP contribution in [0.2, 0.25) is 5.15 Å². The zero-order valence-corrected chi connectivity index (χ0v) is 10.1. The van der Waals surface area contributed by atoms with Crippen LogP contribution in [-0.4, -0.2) is 34.1 Å². The van der Waals surface area contributed by atoms with E-state index in [1.54, 1.807) is 12.1 Å². The first-order valence-electron chi connectivity index (χ1n) is 4.91. The van der Waals surface area contributed by atoms with Gasteiger partial charge in [-0.05, 0) is 12.1 Å². The molecule has 0 saturated carbocycles. The molecule has 0 saturated heterocycles. The van der Waals surface area contributed by atoms with Gasteiger partial charge in [-0.15, -0.1) is 0 Å². The summed E-state index contributed by atoms with van der Waals surface area (Å²) in [6.45, 7) is 0. The van der Waals surface area contributed by atoms with Gasteiger partial charge in [0.25, 0.3) is 0 Å². The molecule has 92 valence electrons. The van der Waals surface area contributed by atoms with Gasteiger partial charge in [0.1, 0.15) is 5.15 Å². The normalized spacial score (nSPS) is 10.1. The lowest BCUT2D eigenvalue weighted by molar-refractivity contribution is 0.0591. The van der Waals surface area contributed by atoms with Crippen molar-refractivity contribution >= 4 is 23.9 Å². The van der Waals surface area contributed by atoms with E-state index in [1.165, 1.54) is 24.2 Å². The molecule has 0 aliphatic carbocycles. The molecular weight excluding hydrogens is 258 g/mol. The van der Waals surface area contributed by atoms with Crippen LogP contribution in [0.3, 0.4) is 0 Å². The summed E-state index contributed by atoms with van der Waals surface area (Å²) in [4.78, 5) is 26.1. The molecule has 2 aromatic heterocycles. The fourth-order valence-corrected chi connectivity index (χ4v) is 1.48. The summed E-state index contributed by atoms with van der Waals surface area (Å²) in [6, 6.07) is 3.24. The van der Waals surface area contributed by atoms with Gasteiger partial charge in [0.2, 0.25) is 0 Å². The summed E-state index contributed by atoms with van der Waals surface area (Å²) in [5.41, 5.74) is 0.692. The Labute approximate surface area is 107 Å². The highest BCUT2D eigenvalue weighted by atomic mass is 35.5. The molecule has 0 atom stereocenters. The number of halogens is 1. The predicted octanol–water partition coefficient (Wildman–Crippen LogP) is 1.52. The minimum Gasteiger partial charge on any atom is -0.464 e. The molecule has 0 spiro atoms. The van der Waals surface area contributed by atoms with Crippen molar-refractivity contribution in [2.24, 2.45) is 0 Å². The number of aromatic nitrogens is 3. The van der Waals surface area contributed by atoms with Crippen molar-refractivity contribution in [1.82, 2.24) is 14.8 Å². The lowest BCUT2D eigenvalue weighted by Crippen LogP contribution is -2.06. The van der Waals surface area contributed by atoms with Gasteiger partial charge >= 0.3 is 5.97 Å². The number of nitrogens with zero attached hydrogens (tertiary/aromatic N) is 3. The van der Waals surface area contributed by atoms with Crippen molar-refractivity contribution in [2.75, 3.05) is 7.11 Å². The van der Waals surface area contributed by atoms with E-state index >= 15 is 0 Å². The summed E-state index contributed by atoms with van der Waals surface area (Å²) < 4.78 is 5.90. The first-order valence-corrected chi connectivity index (χ1v) is 5.28. The molecule has 7 heteroatoms. The molecule has 2 aromatic rings. The van der Waals surface area contributed by atoms with E-state index in [9.17, 15) is 9.59 Å². The van der Waals surface area contributed by atoms with Crippen LogP contribution in [0.1, 0.15) is 20.8 Å². The Morgan fingerprint density at radius 2 is 2.28 bits per heavy atom. The number of esters is 1. The van der Waals surface area contributed by atoms with Gasteiger partial charge < -0.3 is 4.74 Å². The van der Waals surface area contributed by atoms with E-state index in [0.717, 1.165) is 0 Å². The topological polar surface area (TPSA) is 74.1 Å². The molecule has 2 heterocycles. The Morgan fingerprint density at radius 3 is 2.83 bits per heavy atom. The van der Waals surface area contributed by atoms with Gasteiger partial charge in [0, 0.05) is 6.20 Å². The Morgan fingerprint density at radius 1 is 1.50 bits per heavy atom. The molecule has 0 amide bonds. The molecule has 2 rings (SSSR count). The molecule has 0 N–H and O–H groups in total. The SMILES string of the molecule is COC(=O)c1nn(-c2ccc(Cl)nc2)cc1C=O. The number of aldehydes is 1. The third-order valence-electron chi connectivity index (χ3n) is 2.22. The molecular formula is C11H8ClN3O3. The van der Waals surface area contributed by atoms with E-state index in [2.05, 4.69) is 14.8 Å². The minimum atomic E-state index is -0.669. The maximum absolute atomic E-state index is 11.4. The van der Waals surface area contributed by atoms with Crippen molar-refractivity contribution in [1.29, 1.82) is 0 Å². The fraction of sp³-hybridized carbons (Fsp3) is 0.0909. The smallest absolute Gasteiger partial charge is 0.359 e. The number of methoxy groups -OCH3 is 1. The first kappa shape index (κ1) is 12.3. The van der Waals surface area contributed by atoms with E-state index < -0.39 is 5.97 Å². The number of ether oxygens (including phenoxy) is 1. The zero-order valence-electron chi connectivity index (χ0n) is 9.33. The molecule has 0 aliphatic rings. The van der Waals surface area contributed by atoms with Gasteiger partial charge in [-0.25, -0.2) is 14.5 Å². The van der Waals surface area contributed by atoms with Crippen molar-refractivity contribution in [3.63, 3.8) is 0 Å². The Hall–Kier alpha value is -2.21. The average molecular weight is 266 g/mol. The second-order valence-corrected chi connectivity index (χ2v) is 3.71. The Kier molecular flexibility index (Phi) is 3.38. The van der Waals surface area contributed by atoms with Gasteiger partial charge in [0.15, 0.2) is 12.0 Å². The summed E-state index contributed by atoms with van der Waals surface area (Å²) in [6.07, 6.45) is 3.44. The summed E-state index contributed by atoms with van der Waals surface area (Å²) in [5.74, 6) is -0.669. The van der Waals surface area contributed by atoms with Crippen LogP contribution < -0.4 is 0 Å². The predicted molar refractivity (Wildman–Crippen MR) is 63.1 cm³/mol. The van der Waals surface area contributed by atoms with Crippen molar-refractivity contribution in [2.45, 2.75) is 0 Å². The summed E-state index contributed by atoms with van der Waals surface area (Å²) in [7, 11) is 1.22. The highest BCUT2D eigenvalue weighted by molar-refractivity contribution is 6.29. The van der Waals surface area contributed by atoms with Crippen LogP contribution in [-0.2, 0) is 4.74 Å². The molecule has 0 aliphatic heterocycles. The van der Waals surface area contributed by atoms with Gasteiger partial charge in [0.05, 0.1) is 24.6 Å². The molecule has 0 fully saturated rings. The number of pyridine rings is 1. The van der Waals surface area contributed by atoms with Crippen molar-refractivity contribution in [3.05, 3.63) is 40.9 Å². The number of carbonyl (C=O) groups is 2. The standard InChI is InChI=1S/C11H8ClN3O3/c1-18-11(17)10-7(6-16)5-15(14-10)8-2-3-9(12)13-4-8/h2-6H,1H3. The Bertz CT molecular complexity index is 592. The quantitative estimate of drug-likeness (QED) is 0.478. The molecule has 0 bridgehead atoms. The van der Waals surface area contributed by atoms with Gasteiger partial charge in [-0.1, -0.05) is 11.6 Å². The van der Waals surface area contributed by atoms with Crippen LogP contribution >= 0.6 is 11.6 Å². The number of carbonyl (C=O) groups excluding carboxylic acids is 2. The zero-order chi connectivity index (χ0) is 13.1. The maximum atomic E-state index is 11.4. The highest BCUT2D eigenvalue weighted by Crippen LogP contribution is 2.13. The van der Waals surface area contributed by atoms with Crippen LogP contribution in [0.25, 0.3) is 5.69 Å². The lowest BCUT2D eigenvalue weighted by Gasteiger charge is -1.99. The number of hydrogen-bond donors (Lipinski definition) is 0. The van der Waals surface area contributed by atoms with E-state index in [4.69, 9.17) is 11.6 Å². The summed E-state index contributed by atoms with van der Waals surface area (Å²) in [5, 5.41) is 4.32. The highest BCUT2D eigenvalue weighted by Gasteiger charge is 2.17. The van der Waals surface area contributed by atoms with Gasteiger partial charge in [-0.2, -0.15) is 5.10 Å². The van der Waals surface area contributed by atoms with E-state index in [1.807, 2.05) is 0 Å². The van der Waals surface area contributed by atoms with Crippen molar-refractivity contribution in [3.8, 4) is 5.69 Å². The molecule has 6 nitrogen and oxygen atoms in total. The largest absolute Gasteiger partial charge is 0.464 e. The Balaban J connectivity index is 2.47. The molecule has 0 aromatic carbocycles. The van der Waals surface area contributed by atoms with Crippen LogP contribution in [0.4, 0.5) is 0 Å². The number of hydrogen-bond acceptors (Lipinski definition) is 5. The molecule has 18 heavy (non-hydrogen) atoms. The second kappa shape index (κ2) is 4.97. The van der Waals surface area contributed by atoms with Crippen LogP contribution in [0, 0.1) is 0 Å². The van der Waals surface area contributed by atoms with Gasteiger partial charge in [-0.3, -0.25) is 4.79 Å². The lowest BCUT2D eigenvalue weighted by atomic mass is 10.3. The summed E-state index contributed by atoms with van der Waals surface area (Å²) >= 11 is 5.66. The third-order valence-corrected chi connectivity index (χ3v) is 2.45. The first-order chi connectivity index (χ1) is 8.65. The minimum absolute atomic E-state index is 0.0394. The average Bonchev–Trinajstić information content (AvgIpc) is 2.82. The van der Waals surface area contributed by atoms with E-state index in [-0.39, 0.29) is 11.3 Å². The maximum Gasteiger partial charge on any atom is 0.359 e. The fourth-order valence-electron chi connectivity index (χ4n) is 1.36.